The Morgan fingerprint density at radius 3 is 2.88 bits per heavy atom. The van der Waals surface area contributed by atoms with Crippen LogP contribution in [0.3, 0.4) is 0 Å². The number of rotatable bonds is 8. The van der Waals surface area contributed by atoms with Crippen LogP contribution in [0, 0.1) is 17.2 Å². The van der Waals surface area contributed by atoms with Gasteiger partial charge in [0.2, 0.25) is 11.8 Å². The Kier molecular flexibility index (Phi) is 6.87. The van der Waals surface area contributed by atoms with Crippen LogP contribution in [0.1, 0.15) is 36.2 Å². The van der Waals surface area contributed by atoms with Gasteiger partial charge in [-0.2, -0.15) is 10.2 Å². The number of hydrogen-bond acceptors (Lipinski definition) is 9. The molecule has 1 aromatic carbocycles. The summed E-state index contributed by atoms with van der Waals surface area (Å²) in [7, 11) is 0. The van der Waals surface area contributed by atoms with Gasteiger partial charge in [-0.3, -0.25) is 14.4 Å². The molecular weight excluding hydrogens is 416 g/mol. The molecule has 1 aromatic heterocycles. The lowest BCUT2D eigenvalue weighted by Gasteiger charge is -2.18. The van der Waals surface area contributed by atoms with Gasteiger partial charge < -0.3 is 20.9 Å². The van der Waals surface area contributed by atoms with Gasteiger partial charge in [0.25, 0.3) is 5.91 Å². The van der Waals surface area contributed by atoms with E-state index in [-0.39, 0.29) is 48.1 Å². The first-order valence-electron chi connectivity index (χ1n) is 9.88. The van der Waals surface area contributed by atoms with E-state index in [1.165, 1.54) is 13.8 Å². The zero-order chi connectivity index (χ0) is 23.3. The van der Waals surface area contributed by atoms with Crippen molar-refractivity contribution in [1.29, 1.82) is 5.26 Å². The first kappa shape index (κ1) is 22.9. The van der Waals surface area contributed by atoms with Gasteiger partial charge in [0.15, 0.2) is 5.82 Å². The maximum atomic E-state index is 12.7. The highest BCUT2D eigenvalue weighted by molar-refractivity contribution is 6.00. The topological polar surface area (TPSA) is 172 Å². The van der Waals surface area contributed by atoms with Crippen LogP contribution in [-0.2, 0) is 9.63 Å². The quantitative estimate of drug-likeness (QED) is 0.427. The molecule has 0 radical (unpaired) electrons. The lowest BCUT2D eigenvalue weighted by atomic mass is 10.1. The average Bonchev–Trinajstić information content (AvgIpc) is 3.16. The number of anilines is 1. The SMILES string of the molecule is CC(C)(O)CONC(=O)c1c(N)nc(-c2cccc(C#N)c2)nc1OCC1CNC(=O)C1. The number of benzene rings is 1. The third-order valence-corrected chi connectivity index (χ3v) is 4.49. The zero-order valence-corrected chi connectivity index (χ0v) is 17.7. The Bertz CT molecular complexity index is 1060. The number of hydrogen-bond donors (Lipinski definition) is 4. The lowest BCUT2D eigenvalue weighted by molar-refractivity contribution is -0.119. The molecule has 2 amide bonds. The minimum atomic E-state index is -1.16. The number of amides is 2. The fraction of sp³-hybridized carbons (Fsp3) is 0.381. The fourth-order valence-electron chi connectivity index (χ4n) is 2.94. The van der Waals surface area contributed by atoms with Crippen molar-refractivity contribution < 1.29 is 24.3 Å². The van der Waals surface area contributed by atoms with Crippen LogP contribution < -0.4 is 21.3 Å². The van der Waals surface area contributed by atoms with Crippen molar-refractivity contribution in [1.82, 2.24) is 20.8 Å². The van der Waals surface area contributed by atoms with E-state index < -0.39 is 11.5 Å². The molecule has 1 saturated heterocycles. The highest BCUT2D eigenvalue weighted by Gasteiger charge is 2.26. The maximum absolute atomic E-state index is 12.7. The lowest BCUT2D eigenvalue weighted by Crippen LogP contribution is -2.34. The predicted molar refractivity (Wildman–Crippen MR) is 113 cm³/mol. The minimum absolute atomic E-state index is 0.0761. The molecular formula is C21H24N6O5. The van der Waals surface area contributed by atoms with Gasteiger partial charge in [-0.1, -0.05) is 12.1 Å². The number of carbonyl (C=O) groups is 2. The predicted octanol–water partition coefficient (Wildman–Crippen LogP) is 0.545. The van der Waals surface area contributed by atoms with Crippen LogP contribution in [0.15, 0.2) is 24.3 Å². The normalized spacial score (nSPS) is 15.7. The largest absolute Gasteiger partial charge is 0.477 e. The number of aliphatic hydroxyl groups is 1. The maximum Gasteiger partial charge on any atom is 0.284 e. The second kappa shape index (κ2) is 9.59. The highest BCUT2D eigenvalue weighted by Crippen LogP contribution is 2.27. The molecule has 0 spiro atoms. The van der Waals surface area contributed by atoms with E-state index in [4.69, 9.17) is 20.6 Å². The molecule has 32 heavy (non-hydrogen) atoms. The molecule has 2 heterocycles. The molecule has 0 aliphatic carbocycles. The summed E-state index contributed by atoms with van der Waals surface area (Å²) in [6, 6.07) is 8.64. The van der Waals surface area contributed by atoms with Crippen molar-refractivity contribution in [2.75, 3.05) is 25.5 Å². The fourth-order valence-corrected chi connectivity index (χ4v) is 2.94. The van der Waals surface area contributed by atoms with Crippen molar-refractivity contribution in [3.63, 3.8) is 0 Å². The van der Waals surface area contributed by atoms with Crippen molar-refractivity contribution >= 4 is 17.6 Å². The van der Waals surface area contributed by atoms with Crippen LogP contribution in [-0.4, -0.2) is 52.2 Å². The average molecular weight is 440 g/mol. The van der Waals surface area contributed by atoms with Crippen molar-refractivity contribution in [2.45, 2.75) is 25.9 Å². The first-order chi connectivity index (χ1) is 15.2. The summed E-state index contributed by atoms with van der Waals surface area (Å²) in [6.07, 6.45) is 0.299. The Morgan fingerprint density at radius 2 is 2.22 bits per heavy atom. The number of hydroxylamine groups is 1. The zero-order valence-electron chi connectivity index (χ0n) is 17.7. The number of carbonyl (C=O) groups excluding carboxylic acids is 2. The van der Waals surface area contributed by atoms with Gasteiger partial charge in [0.1, 0.15) is 18.0 Å². The molecule has 1 aliphatic rings. The number of nitrogen functional groups attached to an aromatic ring is 1. The molecule has 0 saturated carbocycles. The van der Waals surface area contributed by atoms with Gasteiger partial charge in [-0.15, -0.1) is 0 Å². The first-order valence-corrected chi connectivity index (χ1v) is 9.88. The third-order valence-electron chi connectivity index (χ3n) is 4.49. The number of aromatic nitrogens is 2. The summed E-state index contributed by atoms with van der Waals surface area (Å²) in [5, 5.41) is 21.6. The van der Waals surface area contributed by atoms with E-state index in [0.717, 1.165) is 0 Å². The molecule has 1 aliphatic heterocycles. The molecule has 5 N–H and O–H groups in total. The summed E-state index contributed by atoms with van der Waals surface area (Å²) in [5.74, 6) is -0.987. The summed E-state index contributed by atoms with van der Waals surface area (Å²) in [5.41, 5.74) is 7.89. The van der Waals surface area contributed by atoms with Gasteiger partial charge >= 0.3 is 0 Å². The number of nitrogens with zero attached hydrogens (tertiary/aromatic N) is 3. The van der Waals surface area contributed by atoms with Crippen LogP contribution in [0.25, 0.3) is 11.4 Å². The minimum Gasteiger partial charge on any atom is -0.477 e. The van der Waals surface area contributed by atoms with Crippen LogP contribution >= 0.6 is 0 Å². The van der Waals surface area contributed by atoms with E-state index in [9.17, 15) is 14.7 Å². The molecule has 11 nitrogen and oxygen atoms in total. The van der Waals surface area contributed by atoms with Crippen molar-refractivity contribution in [3.05, 3.63) is 35.4 Å². The number of ether oxygens (including phenoxy) is 1. The Morgan fingerprint density at radius 1 is 1.44 bits per heavy atom. The summed E-state index contributed by atoms with van der Waals surface area (Å²) in [6.45, 7) is 3.45. The number of nitrogens with two attached hydrogens (primary N) is 1. The van der Waals surface area contributed by atoms with Crippen molar-refractivity contribution in [2.24, 2.45) is 5.92 Å². The van der Waals surface area contributed by atoms with Crippen LogP contribution in [0.5, 0.6) is 5.88 Å². The van der Waals surface area contributed by atoms with E-state index in [1.54, 1.807) is 24.3 Å². The number of nitrogens with one attached hydrogen (secondary N) is 2. The second-order valence-electron chi connectivity index (χ2n) is 8.02. The van der Waals surface area contributed by atoms with E-state index in [2.05, 4.69) is 20.8 Å². The van der Waals surface area contributed by atoms with Gasteiger partial charge in [-0.05, 0) is 26.0 Å². The van der Waals surface area contributed by atoms with Crippen LogP contribution in [0.4, 0.5) is 5.82 Å². The molecule has 0 bridgehead atoms. The molecule has 11 heteroatoms. The molecule has 1 atom stereocenters. The summed E-state index contributed by atoms with van der Waals surface area (Å²) >= 11 is 0. The molecule has 3 rings (SSSR count). The Labute approximate surface area is 184 Å². The van der Waals surface area contributed by atoms with Crippen LogP contribution in [0.2, 0.25) is 0 Å². The van der Waals surface area contributed by atoms with E-state index in [1.807, 2.05) is 6.07 Å². The highest BCUT2D eigenvalue weighted by atomic mass is 16.7. The Hall–Kier alpha value is -3.75. The Balaban J connectivity index is 1.90. The van der Waals surface area contributed by atoms with Crippen molar-refractivity contribution in [3.8, 4) is 23.3 Å². The standard InChI is InChI=1S/C21H24N6O5/c1-21(2,30)11-32-27-19(29)16-17(23)25-18(14-5-3-4-12(6-14)8-22)26-20(16)31-10-13-7-15(28)24-9-13/h3-6,13,30H,7,9-11H2,1-2H3,(H,24,28)(H,27,29)(H2,23,25,26). The molecule has 2 aromatic rings. The number of nitriles is 1. The molecule has 168 valence electrons. The second-order valence-corrected chi connectivity index (χ2v) is 8.02. The summed E-state index contributed by atoms with van der Waals surface area (Å²) < 4.78 is 5.78. The van der Waals surface area contributed by atoms with E-state index in [0.29, 0.717) is 24.1 Å². The van der Waals surface area contributed by atoms with Gasteiger partial charge in [0.05, 0.1) is 23.8 Å². The van der Waals surface area contributed by atoms with Gasteiger partial charge in [0, 0.05) is 24.4 Å². The summed E-state index contributed by atoms with van der Waals surface area (Å²) in [4.78, 5) is 37.7. The molecule has 1 fully saturated rings. The van der Waals surface area contributed by atoms with Gasteiger partial charge in [-0.25, -0.2) is 10.5 Å². The third kappa shape index (κ3) is 5.90. The monoisotopic (exact) mass is 440 g/mol. The molecule has 1 unspecified atom stereocenters. The van der Waals surface area contributed by atoms with E-state index >= 15 is 0 Å². The smallest absolute Gasteiger partial charge is 0.284 e.